The van der Waals surface area contributed by atoms with Gasteiger partial charge in [-0.15, -0.1) is 0 Å². The fourth-order valence-corrected chi connectivity index (χ4v) is 1.56. The number of aromatic carboxylic acids is 1. The monoisotopic (exact) mass is 259 g/mol. The zero-order valence-electron chi connectivity index (χ0n) is 9.31. The summed E-state index contributed by atoms with van der Waals surface area (Å²) in [5, 5.41) is 21.1. The molecule has 0 saturated heterocycles. The molecule has 1 atom stereocenters. The van der Waals surface area contributed by atoms with E-state index in [1.165, 1.54) is 19.2 Å². The number of nitrogens with one attached hydrogen (secondary N) is 1. The summed E-state index contributed by atoms with van der Waals surface area (Å²) in [6.45, 7) is 0.221. The van der Waals surface area contributed by atoms with Crippen LogP contribution in [0, 0.1) is 0 Å². The maximum atomic E-state index is 10.7. The van der Waals surface area contributed by atoms with Crippen molar-refractivity contribution in [3.8, 4) is 0 Å². The van der Waals surface area contributed by atoms with E-state index in [2.05, 4.69) is 5.32 Å². The number of aliphatic hydroxyl groups excluding tert-OH is 1. The van der Waals surface area contributed by atoms with Crippen LogP contribution in [0.2, 0.25) is 5.02 Å². The van der Waals surface area contributed by atoms with E-state index in [1.807, 2.05) is 0 Å². The van der Waals surface area contributed by atoms with E-state index in [4.69, 9.17) is 26.6 Å². The van der Waals surface area contributed by atoms with Crippen molar-refractivity contribution in [1.82, 2.24) is 0 Å². The smallest absolute Gasteiger partial charge is 0.335 e. The lowest BCUT2D eigenvalue weighted by molar-refractivity contribution is 0.0697. The van der Waals surface area contributed by atoms with Crippen molar-refractivity contribution in [1.29, 1.82) is 0 Å². The summed E-state index contributed by atoms with van der Waals surface area (Å²) in [7, 11) is 1.53. The number of carboxylic acids is 1. The Morgan fingerprint density at radius 2 is 2.29 bits per heavy atom. The van der Waals surface area contributed by atoms with Crippen molar-refractivity contribution >= 4 is 23.3 Å². The van der Waals surface area contributed by atoms with Crippen LogP contribution >= 0.6 is 11.6 Å². The van der Waals surface area contributed by atoms with Gasteiger partial charge in [-0.25, -0.2) is 4.79 Å². The highest BCUT2D eigenvalue weighted by Gasteiger charge is 2.11. The SMILES string of the molecule is COCC(CO)Nc1ccc(C(=O)O)cc1Cl. The fraction of sp³-hybridized carbons (Fsp3) is 0.364. The lowest BCUT2D eigenvalue weighted by atomic mass is 10.2. The standard InChI is InChI=1S/C11H14ClNO4/c1-17-6-8(5-14)13-10-3-2-7(11(15)16)4-9(10)12/h2-4,8,13-14H,5-6H2,1H3,(H,15,16). The van der Waals surface area contributed by atoms with Gasteiger partial charge >= 0.3 is 5.97 Å². The van der Waals surface area contributed by atoms with Crippen LogP contribution in [-0.2, 0) is 4.74 Å². The van der Waals surface area contributed by atoms with Crippen LogP contribution in [0.25, 0.3) is 0 Å². The van der Waals surface area contributed by atoms with Gasteiger partial charge < -0.3 is 20.3 Å². The molecule has 6 heteroatoms. The molecule has 0 aromatic heterocycles. The molecule has 94 valence electrons. The zero-order valence-corrected chi connectivity index (χ0v) is 10.1. The normalized spacial score (nSPS) is 12.2. The van der Waals surface area contributed by atoms with Crippen LogP contribution in [0.4, 0.5) is 5.69 Å². The minimum absolute atomic E-state index is 0.106. The minimum atomic E-state index is -1.03. The summed E-state index contributed by atoms with van der Waals surface area (Å²) in [5.74, 6) is -1.03. The highest BCUT2D eigenvalue weighted by Crippen LogP contribution is 2.23. The molecule has 0 aliphatic heterocycles. The van der Waals surface area contributed by atoms with Crippen molar-refractivity contribution in [3.63, 3.8) is 0 Å². The average molecular weight is 260 g/mol. The predicted octanol–water partition coefficient (Wildman–Crippen LogP) is 1.46. The number of aliphatic hydroxyl groups is 1. The van der Waals surface area contributed by atoms with Crippen molar-refractivity contribution in [2.24, 2.45) is 0 Å². The van der Waals surface area contributed by atoms with E-state index in [9.17, 15) is 4.79 Å². The topological polar surface area (TPSA) is 78.8 Å². The molecule has 0 amide bonds. The van der Waals surface area contributed by atoms with Crippen molar-refractivity contribution in [2.75, 3.05) is 25.6 Å². The fourth-order valence-electron chi connectivity index (χ4n) is 1.33. The highest BCUT2D eigenvalue weighted by molar-refractivity contribution is 6.33. The quantitative estimate of drug-likeness (QED) is 0.721. The molecule has 1 unspecified atom stereocenters. The Labute approximate surface area is 104 Å². The summed E-state index contributed by atoms with van der Waals surface area (Å²) >= 11 is 5.93. The Balaban J connectivity index is 2.81. The second kappa shape index (κ2) is 6.44. The molecule has 3 N–H and O–H groups in total. The molecule has 0 fully saturated rings. The van der Waals surface area contributed by atoms with Crippen LogP contribution in [0.1, 0.15) is 10.4 Å². The summed E-state index contributed by atoms with van der Waals surface area (Å²) in [6.07, 6.45) is 0. The third kappa shape index (κ3) is 3.89. The lowest BCUT2D eigenvalue weighted by Crippen LogP contribution is -2.28. The lowest BCUT2D eigenvalue weighted by Gasteiger charge is -2.17. The van der Waals surface area contributed by atoms with E-state index in [0.29, 0.717) is 17.3 Å². The molecule has 0 spiro atoms. The van der Waals surface area contributed by atoms with E-state index in [-0.39, 0.29) is 18.2 Å². The molecule has 1 aromatic rings. The number of methoxy groups -OCH3 is 1. The first kappa shape index (κ1) is 13.8. The van der Waals surface area contributed by atoms with Gasteiger partial charge in [-0.2, -0.15) is 0 Å². The molecule has 1 rings (SSSR count). The van der Waals surface area contributed by atoms with E-state index in [1.54, 1.807) is 6.07 Å². The Morgan fingerprint density at radius 1 is 1.59 bits per heavy atom. The number of carbonyl (C=O) groups is 1. The van der Waals surface area contributed by atoms with E-state index in [0.717, 1.165) is 0 Å². The van der Waals surface area contributed by atoms with Gasteiger partial charge in [0.2, 0.25) is 0 Å². The van der Waals surface area contributed by atoms with Crippen LogP contribution in [0.3, 0.4) is 0 Å². The van der Waals surface area contributed by atoms with Crippen LogP contribution in [0.5, 0.6) is 0 Å². The maximum absolute atomic E-state index is 10.7. The zero-order chi connectivity index (χ0) is 12.8. The molecule has 5 nitrogen and oxygen atoms in total. The third-order valence-corrected chi connectivity index (χ3v) is 2.48. The molecule has 0 aliphatic carbocycles. The van der Waals surface area contributed by atoms with Crippen molar-refractivity contribution < 1.29 is 19.7 Å². The Hall–Kier alpha value is -1.30. The number of rotatable bonds is 6. The van der Waals surface area contributed by atoms with Crippen LogP contribution in [0.15, 0.2) is 18.2 Å². The molecule has 1 aromatic carbocycles. The summed E-state index contributed by atoms with van der Waals surface area (Å²) in [4.78, 5) is 10.7. The first-order valence-electron chi connectivity index (χ1n) is 4.97. The summed E-state index contributed by atoms with van der Waals surface area (Å²) in [5.41, 5.74) is 0.681. The van der Waals surface area contributed by atoms with E-state index < -0.39 is 5.97 Å². The second-order valence-corrected chi connectivity index (χ2v) is 3.89. The number of ether oxygens (including phenoxy) is 1. The van der Waals surface area contributed by atoms with Gasteiger partial charge in [0.1, 0.15) is 0 Å². The molecule has 0 aliphatic rings. The van der Waals surface area contributed by atoms with Gasteiger partial charge in [0.05, 0.1) is 35.5 Å². The number of benzene rings is 1. The van der Waals surface area contributed by atoms with Gasteiger partial charge in [0.15, 0.2) is 0 Å². The number of hydrogen-bond donors (Lipinski definition) is 3. The molecule has 0 saturated carbocycles. The molecule has 17 heavy (non-hydrogen) atoms. The Kier molecular flexibility index (Phi) is 5.21. The Bertz CT molecular complexity index is 397. The summed E-state index contributed by atoms with van der Waals surface area (Å²) in [6, 6.07) is 4.07. The van der Waals surface area contributed by atoms with Crippen LogP contribution in [-0.4, -0.2) is 42.5 Å². The van der Waals surface area contributed by atoms with E-state index >= 15 is 0 Å². The average Bonchev–Trinajstić information content (AvgIpc) is 2.30. The van der Waals surface area contributed by atoms with Gasteiger partial charge in [0, 0.05) is 7.11 Å². The minimum Gasteiger partial charge on any atom is -0.478 e. The molecule has 0 heterocycles. The Morgan fingerprint density at radius 3 is 2.76 bits per heavy atom. The molecular formula is C11H14ClNO4. The number of carboxylic acid groups (broad SMARTS) is 1. The highest BCUT2D eigenvalue weighted by atomic mass is 35.5. The third-order valence-electron chi connectivity index (χ3n) is 2.16. The largest absolute Gasteiger partial charge is 0.478 e. The van der Waals surface area contributed by atoms with Crippen molar-refractivity contribution in [3.05, 3.63) is 28.8 Å². The first-order valence-corrected chi connectivity index (χ1v) is 5.35. The molecule has 0 radical (unpaired) electrons. The summed E-state index contributed by atoms with van der Waals surface area (Å²) < 4.78 is 4.91. The van der Waals surface area contributed by atoms with Gasteiger partial charge in [0.25, 0.3) is 0 Å². The van der Waals surface area contributed by atoms with Crippen molar-refractivity contribution in [2.45, 2.75) is 6.04 Å². The first-order chi connectivity index (χ1) is 8.08. The second-order valence-electron chi connectivity index (χ2n) is 3.48. The maximum Gasteiger partial charge on any atom is 0.335 e. The molecule has 0 bridgehead atoms. The van der Waals surface area contributed by atoms with Gasteiger partial charge in [-0.1, -0.05) is 11.6 Å². The molecular weight excluding hydrogens is 246 g/mol. The predicted molar refractivity (Wildman–Crippen MR) is 64.8 cm³/mol. The van der Waals surface area contributed by atoms with Crippen LogP contribution < -0.4 is 5.32 Å². The van der Waals surface area contributed by atoms with Gasteiger partial charge in [-0.3, -0.25) is 0 Å². The number of hydrogen-bond acceptors (Lipinski definition) is 4. The number of anilines is 1. The van der Waals surface area contributed by atoms with Gasteiger partial charge in [-0.05, 0) is 18.2 Å². The number of halogens is 1.